The van der Waals surface area contributed by atoms with Crippen molar-refractivity contribution in [3.05, 3.63) is 45.7 Å². The number of fused-ring (bicyclic) bond motifs is 1. The predicted molar refractivity (Wildman–Crippen MR) is 98.5 cm³/mol. The molecule has 0 fully saturated rings. The number of hydrogen-bond donors (Lipinski definition) is 2. The molecule has 0 bridgehead atoms. The van der Waals surface area contributed by atoms with Gasteiger partial charge in [0.2, 0.25) is 0 Å². The number of benzene rings is 1. The second kappa shape index (κ2) is 6.69. The Hall–Kier alpha value is -1.66. The number of hydrogen-bond acceptors (Lipinski definition) is 3. The van der Waals surface area contributed by atoms with Gasteiger partial charge in [-0.15, -0.1) is 0 Å². The molecule has 3 N–H and O–H groups in total. The third-order valence-electron chi connectivity index (χ3n) is 4.43. The fourth-order valence-corrected chi connectivity index (χ4v) is 3.26. The lowest BCUT2D eigenvalue weighted by atomic mass is 9.95. The van der Waals surface area contributed by atoms with Crippen LogP contribution in [0.1, 0.15) is 48.4 Å². The van der Waals surface area contributed by atoms with Crippen molar-refractivity contribution in [1.82, 2.24) is 15.1 Å². The summed E-state index contributed by atoms with van der Waals surface area (Å²) in [6.45, 7) is 4.22. The largest absolute Gasteiger partial charge is 0.344 e. The summed E-state index contributed by atoms with van der Waals surface area (Å²) in [6, 6.07) is 8.00. The number of nitrogens with two attached hydrogens (primary N) is 1. The SMILES string of the molecule is CC(C)(CN)NC(=O)c1nn(-c2ccc(Br)cc2)c2c1CCCC2. The zero-order valence-electron chi connectivity index (χ0n) is 14.1. The molecule has 2 aromatic rings. The Morgan fingerprint density at radius 3 is 2.62 bits per heavy atom. The van der Waals surface area contributed by atoms with Gasteiger partial charge in [0.15, 0.2) is 5.69 Å². The maximum atomic E-state index is 12.7. The summed E-state index contributed by atoms with van der Waals surface area (Å²) in [6.07, 6.45) is 4.08. The average molecular weight is 391 g/mol. The van der Waals surface area contributed by atoms with Crippen LogP contribution in [0.2, 0.25) is 0 Å². The number of nitrogens with zero attached hydrogens (tertiary/aromatic N) is 2. The van der Waals surface area contributed by atoms with Crippen molar-refractivity contribution in [3.63, 3.8) is 0 Å². The van der Waals surface area contributed by atoms with E-state index in [0.29, 0.717) is 12.2 Å². The van der Waals surface area contributed by atoms with Crippen LogP contribution in [0.3, 0.4) is 0 Å². The zero-order chi connectivity index (χ0) is 17.3. The van der Waals surface area contributed by atoms with E-state index in [2.05, 4.69) is 26.3 Å². The molecule has 0 aliphatic heterocycles. The Bertz CT molecular complexity index is 749. The minimum absolute atomic E-state index is 0.139. The minimum atomic E-state index is -0.444. The summed E-state index contributed by atoms with van der Waals surface area (Å²) < 4.78 is 2.95. The van der Waals surface area contributed by atoms with Gasteiger partial charge in [0.1, 0.15) is 0 Å². The molecule has 0 atom stereocenters. The van der Waals surface area contributed by atoms with Crippen LogP contribution in [-0.2, 0) is 12.8 Å². The van der Waals surface area contributed by atoms with E-state index in [1.807, 2.05) is 42.8 Å². The lowest BCUT2D eigenvalue weighted by Gasteiger charge is -2.24. The van der Waals surface area contributed by atoms with Gasteiger partial charge in [-0.05, 0) is 63.8 Å². The van der Waals surface area contributed by atoms with Gasteiger partial charge in [-0.3, -0.25) is 4.79 Å². The molecule has 0 saturated carbocycles. The van der Waals surface area contributed by atoms with E-state index in [0.717, 1.165) is 47.1 Å². The number of carbonyl (C=O) groups excluding carboxylic acids is 1. The van der Waals surface area contributed by atoms with E-state index in [9.17, 15) is 4.79 Å². The topological polar surface area (TPSA) is 72.9 Å². The Labute approximate surface area is 150 Å². The molecule has 3 rings (SSSR count). The second-order valence-corrected chi connectivity index (χ2v) is 7.83. The van der Waals surface area contributed by atoms with Gasteiger partial charge in [0.25, 0.3) is 5.91 Å². The van der Waals surface area contributed by atoms with Crippen molar-refractivity contribution >= 4 is 21.8 Å². The van der Waals surface area contributed by atoms with Crippen molar-refractivity contribution < 1.29 is 4.79 Å². The smallest absolute Gasteiger partial charge is 0.272 e. The predicted octanol–water partition coefficient (Wildman–Crippen LogP) is 2.98. The van der Waals surface area contributed by atoms with Gasteiger partial charge >= 0.3 is 0 Å². The van der Waals surface area contributed by atoms with E-state index in [1.54, 1.807) is 0 Å². The van der Waals surface area contributed by atoms with Crippen LogP contribution >= 0.6 is 15.9 Å². The van der Waals surface area contributed by atoms with Crippen molar-refractivity contribution in [2.45, 2.75) is 45.1 Å². The standard InChI is InChI=1S/C18H23BrN4O/c1-18(2,11-20)21-17(24)16-14-5-3-4-6-15(14)23(22-16)13-9-7-12(19)8-10-13/h7-10H,3-6,11,20H2,1-2H3,(H,21,24). The van der Waals surface area contributed by atoms with E-state index >= 15 is 0 Å². The van der Waals surface area contributed by atoms with Crippen LogP contribution < -0.4 is 11.1 Å². The Kier molecular flexibility index (Phi) is 4.78. The number of rotatable bonds is 4. The Morgan fingerprint density at radius 2 is 1.96 bits per heavy atom. The van der Waals surface area contributed by atoms with Crippen LogP contribution in [0, 0.1) is 0 Å². The molecular formula is C18H23BrN4O. The number of halogens is 1. The van der Waals surface area contributed by atoms with Crippen LogP contribution in [-0.4, -0.2) is 27.8 Å². The third-order valence-corrected chi connectivity index (χ3v) is 4.96. The highest BCUT2D eigenvalue weighted by molar-refractivity contribution is 9.10. The summed E-state index contributed by atoms with van der Waals surface area (Å²) in [5.41, 5.74) is 9.04. The summed E-state index contributed by atoms with van der Waals surface area (Å²) in [5, 5.41) is 7.66. The molecule has 1 aromatic carbocycles. The summed E-state index contributed by atoms with van der Waals surface area (Å²) in [4.78, 5) is 12.7. The van der Waals surface area contributed by atoms with Gasteiger partial charge in [0.05, 0.1) is 5.69 Å². The summed E-state index contributed by atoms with van der Waals surface area (Å²) in [7, 11) is 0. The third kappa shape index (κ3) is 3.39. The first kappa shape index (κ1) is 17.2. The molecule has 0 spiro atoms. The van der Waals surface area contributed by atoms with Gasteiger partial charge in [-0.2, -0.15) is 5.10 Å². The Morgan fingerprint density at radius 1 is 1.29 bits per heavy atom. The second-order valence-electron chi connectivity index (χ2n) is 6.91. The molecule has 5 nitrogen and oxygen atoms in total. The number of amides is 1. The molecule has 24 heavy (non-hydrogen) atoms. The van der Waals surface area contributed by atoms with Crippen molar-refractivity contribution in [2.24, 2.45) is 5.73 Å². The maximum absolute atomic E-state index is 12.7. The molecule has 1 aliphatic carbocycles. The number of aromatic nitrogens is 2. The zero-order valence-corrected chi connectivity index (χ0v) is 15.7. The normalized spacial score (nSPS) is 14.3. The fourth-order valence-electron chi connectivity index (χ4n) is 2.99. The number of carbonyl (C=O) groups is 1. The van der Waals surface area contributed by atoms with E-state index in [-0.39, 0.29) is 5.91 Å². The van der Waals surface area contributed by atoms with E-state index in [4.69, 9.17) is 5.73 Å². The fraction of sp³-hybridized carbons (Fsp3) is 0.444. The van der Waals surface area contributed by atoms with Crippen LogP contribution in [0.25, 0.3) is 5.69 Å². The highest BCUT2D eigenvalue weighted by Gasteiger charge is 2.28. The first-order valence-electron chi connectivity index (χ1n) is 8.30. The molecule has 1 amide bonds. The molecule has 0 unspecified atom stereocenters. The molecule has 0 saturated heterocycles. The van der Waals surface area contributed by atoms with Gasteiger partial charge in [-0.25, -0.2) is 4.68 Å². The molecule has 1 aliphatic rings. The lowest BCUT2D eigenvalue weighted by molar-refractivity contribution is 0.0909. The molecule has 0 radical (unpaired) electrons. The van der Waals surface area contributed by atoms with Crippen molar-refractivity contribution in [1.29, 1.82) is 0 Å². The Balaban J connectivity index is 2.02. The molecule has 128 valence electrons. The summed E-state index contributed by atoms with van der Waals surface area (Å²) in [5.74, 6) is -0.139. The van der Waals surface area contributed by atoms with E-state index < -0.39 is 5.54 Å². The molecule has 1 heterocycles. The van der Waals surface area contributed by atoms with Gasteiger partial charge < -0.3 is 11.1 Å². The van der Waals surface area contributed by atoms with E-state index in [1.165, 1.54) is 0 Å². The minimum Gasteiger partial charge on any atom is -0.344 e. The first-order chi connectivity index (χ1) is 11.4. The molecule has 6 heteroatoms. The van der Waals surface area contributed by atoms with Crippen molar-refractivity contribution in [3.8, 4) is 5.69 Å². The van der Waals surface area contributed by atoms with Crippen LogP contribution in [0.5, 0.6) is 0 Å². The quantitative estimate of drug-likeness (QED) is 0.842. The van der Waals surface area contributed by atoms with Gasteiger partial charge in [0, 0.05) is 27.8 Å². The molecular weight excluding hydrogens is 368 g/mol. The summed E-state index contributed by atoms with van der Waals surface area (Å²) >= 11 is 3.46. The van der Waals surface area contributed by atoms with Crippen LogP contribution in [0.15, 0.2) is 28.7 Å². The van der Waals surface area contributed by atoms with Crippen molar-refractivity contribution in [2.75, 3.05) is 6.54 Å². The average Bonchev–Trinajstić information content (AvgIpc) is 2.95. The lowest BCUT2D eigenvalue weighted by Crippen LogP contribution is -2.49. The maximum Gasteiger partial charge on any atom is 0.272 e. The molecule has 1 aromatic heterocycles. The first-order valence-corrected chi connectivity index (χ1v) is 9.10. The van der Waals surface area contributed by atoms with Gasteiger partial charge in [-0.1, -0.05) is 15.9 Å². The monoisotopic (exact) mass is 390 g/mol. The van der Waals surface area contributed by atoms with Crippen LogP contribution in [0.4, 0.5) is 0 Å². The highest BCUT2D eigenvalue weighted by atomic mass is 79.9. The highest BCUT2D eigenvalue weighted by Crippen LogP contribution is 2.27. The number of nitrogens with one attached hydrogen (secondary N) is 1.